The minimum Gasteiger partial charge on any atom is -0.326 e. The van der Waals surface area contributed by atoms with Crippen LogP contribution in [0.4, 0.5) is 11.4 Å². The molecule has 1 aromatic carbocycles. The van der Waals surface area contributed by atoms with Crippen molar-refractivity contribution in [3.63, 3.8) is 0 Å². The van der Waals surface area contributed by atoms with Crippen molar-refractivity contribution in [2.75, 3.05) is 10.6 Å². The molecule has 0 bridgehead atoms. The van der Waals surface area contributed by atoms with Crippen LogP contribution in [0, 0.1) is 0 Å². The molecule has 0 atom stereocenters. The second-order valence-corrected chi connectivity index (χ2v) is 7.43. The third kappa shape index (κ3) is 4.00. The molecule has 122 valence electrons. The van der Waals surface area contributed by atoms with Crippen LogP contribution in [0.5, 0.6) is 0 Å². The van der Waals surface area contributed by atoms with Crippen molar-refractivity contribution in [2.45, 2.75) is 6.92 Å². The fourth-order valence-electron chi connectivity index (χ4n) is 1.99. The largest absolute Gasteiger partial charge is 0.326 e. The second kappa shape index (κ2) is 7.12. The minimum atomic E-state index is -0.305. The molecule has 2 amide bonds. The van der Waals surface area contributed by atoms with Crippen molar-refractivity contribution in [1.82, 2.24) is 4.98 Å². The Hall–Kier alpha value is -2.22. The molecule has 0 aliphatic heterocycles. The standard InChI is InChI=1S/C16H12ClN3O2S2/c1-9(21)18-10-3-2-4-11(7-10)19-15(22)12-8-23-16(20-12)13-5-6-14(17)24-13/h2-8H,1H3,(H,18,21)(H,19,22). The number of benzene rings is 1. The number of halogens is 1. The van der Waals surface area contributed by atoms with Crippen LogP contribution in [0.2, 0.25) is 4.34 Å². The summed E-state index contributed by atoms with van der Waals surface area (Å²) in [5.74, 6) is -0.475. The first-order valence-corrected chi connectivity index (χ1v) is 8.99. The molecule has 0 aliphatic rings. The Bertz CT molecular complexity index is 904. The number of hydrogen-bond acceptors (Lipinski definition) is 5. The Morgan fingerprint density at radius 2 is 1.88 bits per heavy atom. The highest BCUT2D eigenvalue weighted by Gasteiger charge is 2.13. The lowest BCUT2D eigenvalue weighted by Crippen LogP contribution is -2.13. The Morgan fingerprint density at radius 1 is 1.12 bits per heavy atom. The van der Waals surface area contributed by atoms with Crippen LogP contribution < -0.4 is 10.6 Å². The van der Waals surface area contributed by atoms with Crippen molar-refractivity contribution in [3.8, 4) is 9.88 Å². The number of thiazole rings is 1. The molecular weight excluding hydrogens is 366 g/mol. The third-order valence-corrected chi connectivity index (χ3v) is 5.20. The number of amides is 2. The molecule has 3 aromatic rings. The number of aromatic nitrogens is 1. The molecule has 0 spiro atoms. The summed E-state index contributed by atoms with van der Waals surface area (Å²) in [5, 5.41) is 7.90. The van der Waals surface area contributed by atoms with Crippen LogP contribution in [0.15, 0.2) is 41.8 Å². The summed E-state index contributed by atoms with van der Waals surface area (Å²) >= 11 is 8.73. The number of rotatable bonds is 4. The Morgan fingerprint density at radius 3 is 2.54 bits per heavy atom. The Kier molecular flexibility index (Phi) is 4.94. The molecule has 8 heteroatoms. The van der Waals surface area contributed by atoms with E-state index in [0.717, 1.165) is 9.88 Å². The van der Waals surface area contributed by atoms with E-state index in [1.165, 1.54) is 29.6 Å². The van der Waals surface area contributed by atoms with E-state index in [1.54, 1.807) is 35.7 Å². The quantitative estimate of drug-likeness (QED) is 0.690. The fourth-order valence-corrected chi connectivity index (χ4v) is 3.91. The zero-order valence-corrected chi connectivity index (χ0v) is 14.9. The first-order chi connectivity index (χ1) is 11.5. The van der Waals surface area contributed by atoms with E-state index in [1.807, 2.05) is 6.07 Å². The molecule has 0 saturated heterocycles. The molecule has 24 heavy (non-hydrogen) atoms. The molecule has 0 saturated carbocycles. The minimum absolute atomic E-state index is 0.169. The average Bonchev–Trinajstić information content (AvgIpc) is 3.15. The Balaban J connectivity index is 1.73. The maximum absolute atomic E-state index is 12.3. The van der Waals surface area contributed by atoms with Crippen LogP contribution in [0.3, 0.4) is 0 Å². The predicted molar refractivity (Wildman–Crippen MR) is 99.1 cm³/mol. The van der Waals surface area contributed by atoms with E-state index in [0.29, 0.717) is 21.4 Å². The van der Waals surface area contributed by atoms with Crippen LogP contribution in [-0.4, -0.2) is 16.8 Å². The number of thiophene rings is 1. The highest BCUT2D eigenvalue weighted by molar-refractivity contribution is 7.23. The highest BCUT2D eigenvalue weighted by atomic mass is 35.5. The zero-order chi connectivity index (χ0) is 17.1. The van der Waals surface area contributed by atoms with Gasteiger partial charge in [0.05, 0.1) is 9.21 Å². The highest BCUT2D eigenvalue weighted by Crippen LogP contribution is 2.33. The molecular formula is C16H12ClN3O2S2. The van der Waals surface area contributed by atoms with Gasteiger partial charge in [0.25, 0.3) is 5.91 Å². The summed E-state index contributed by atoms with van der Waals surface area (Å²) in [6.07, 6.45) is 0. The van der Waals surface area contributed by atoms with Crippen molar-refractivity contribution in [1.29, 1.82) is 0 Å². The molecule has 0 radical (unpaired) electrons. The van der Waals surface area contributed by atoms with Gasteiger partial charge in [0.15, 0.2) is 0 Å². The number of hydrogen-bond donors (Lipinski definition) is 2. The van der Waals surface area contributed by atoms with Gasteiger partial charge in [0.1, 0.15) is 10.7 Å². The van der Waals surface area contributed by atoms with Gasteiger partial charge in [-0.2, -0.15) is 0 Å². The second-order valence-electron chi connectivity index (χ2n) is 4.86. The first kappa shape index (κ1) is 16.6. The summed E-state index contributed by atoms with van der Waals surface area (Å²) in [4.78, 5) is 28.7. The van der Waals surface area contributed by atoms with E-state index in [-0.39, 0.29) is 11.8 Å². The predicted octanol–water partition coefficient (Wildman–Crippen LogP) is 4.74. The van der Waals surface area contributed by atoms with Gasteiger partial charge in [-0.15, -0.1) is 22.7 Å². The number of anilines is 2. The van der Waals surface area contributed by atoms with E-state index in [9.17, 15) is 9.59 Å². The average molecular weight is 378 g/mol. The van der Waals surface area contributed by atoms with Gasteiger partial charge in [0.2, 0.25) is 5.91 Å². The molecule has 2 aromatic heterocycles. The van der Waals surface area contributed by atoms with Crippen molar-refractivity contribution >= 4 is 57.5 Å². The van der Waals surface area contributed by atoms with E-state index < -0.39 is 0 Å². The van der Waals surface area contributed by atoms with Gasteiger partial charge < -0.3 is 10.6 Å². The molecule has 0 fully saturated rings. The van der Waals surface area contributed by atoms with Crippen LogP contribution in [0.1, 0.15) is 17.4 Å². The lowest BCUT2D eigenvalue weighted by atomic mass is 10.2. The lowest BCUT2D eigenvalue weighted by molar-refractivity contribution is -0.114. The van der Waals surface area contributed by atoms with Gasteiger partial charge in [-0.1, -0.05) is 17.7 Å². The zero-order valence-electron chi connectivity index (χ0n) is 12.5. The summed E-state index contributed by atoms with van der Waals surface area (Å²) in [7, 11) is 0. The maximum atomic E-state index is 12.3. The van der Waals surface area contributed by atoms with Crippen molar-refractivity contribution in [2.24, 2.45) is 0 Å². The number of carbonyl (C=O) groups excluding carboxylic acids is 2. The number of nitrogens with one attached hydrogen (secondary N) is 2. The number of nitrogens with zero attached hydrogens (tertiary/aromatic N) is 1. The fraction of sp³-hybridized carbons (Fsp3) is 0.0625. The van der Waals surface area contributed by atoms with Gasteiger partial charge >= 0.3 is 0 Å². The normalized spacial score (nSPS) is 10.4. The molecule has 2 N–H and O–H groups in total. The van der Waals surface area contributed by atoms with E-state index in [2.05, 4.69) is 15.6 Å². The van der Waals surface area contributed by atoms with Crippen LogP contribution in [0.25, 0.3) is 9.88 Å². The van der Waals surface area contributed by atoms with Gasteiger partial charge in [0, 0.05) is 23.7 Å². The van der Waals surface area contributed by atoms with Crippen molar-refractivity contribution in [3.05, 3.63) is 51.8 Å². The summed E-state index contributed by atoms with van der Waals surface area (Å²) in [6.45, 7) is 1.43. The molecule has 2 heterocycles. The maximum Gasteiger partial charge on any atom is 0.275 e. The molecule has 0 unspecified atom stereocenters. The molecule has 3 rings (SSSR count). The van der Waals surface area contributed by atoms with Gasteiger partial charge in [-0.05, 0) is 30.3 Å². The first-order valence-electron chi connectivity index (χ1n) is 6.91. The van der Waals surface area contributed by atoms with E-state index >= 15 is 0 Å². The summed E-state index contributed by atoms with van der Waals surface area (Å²) < 4.78 is 0.681. The third-order valence-electron chi connectivity index (χ3n) is 2.96. The van der Waals surface area contributed by atoms with Crippen LogP contribution >= 0.6 is 34.3 Å². The summed E-state index contributed by atoms with van der Waals surface area (Å²) in [5.41, 5.74) is 1.54. The molecule has 0 aliphatic carbocycles. The number of carbonyl (C=O) groups is 2. The van der Waals surface area contributed by atoms with Crippen molar-refractivity contribution < 1.29 is 9.59 Å². The Labute approximate surface area is 151 Å². The lowest BCUT2D eigenvalue weighted by Gasteiger charge is -2.06. The van der Waals surface area contributed by atoms with E-state index in [4.69, 9.17) is 11.6 Å². The summed E-state index contributed by atoms with van der Waals surface area (Å²) in [6, 6.07) is 10.6. The monoisotopic (exact) mass is 377 g/mol. The van der Waals surface area contributed by atoms with Crippen LogP contribution in [-0.2, 0) is 4.79 Å². The molecule has 5 nitrogen and oxygen atoms in total. The van der Waals surface area contributed by atoms with Gasteiger partial charge in [-0.25, -0.2) is 4.98 Å². The van der Waals surface area contributed by atoms with Gasteiger partial charge in [-0.3, -0.25) is 9.59 Å². The smallest absolute Gasteiger partial charge is 0.275 e. The topological polar surface area (TPSA) is 71.1 Å². The SMILES string of the molecule is CC(=O)Nc1cccc(NC(=O)c2csc(-c3ccc(Cl)s3)n2)c1.